The zero-order valence-electron chi connectivity index (χ0n) is 7.60. The summed E-state index contributed by atoms with van der Waals surface area (Å²) in [7, 11) is 4.86. The van der Waals surface area contributed by atoms with Crippen molar-refractivity contribution < 1.29 is 0 Å². The molecule has 0 radical (unpaired) electrons. The Morgan fingerprint density at radius 1 is 1.21 bits per heavy atom. The second-order valence-electron chi connectivity index (χ2n) is 2.76. The number of nitrogens with zero attached hydrogens (tertiary/aromatic N) is 2. The predicted octanol–water partition coefficient (Wildman–Crippen LogP) is 2.45. The van der Waals surface area contributed by atoms with Gasteiger partial charge in [-0.05, 0) is 32.8 Å². The Labute approximate surface area is 89.2 Å². The maximum Gasteiger partial charge on any atom is 0.214 e. The zero-order chi connectivity index (χ0) is 9.97. The molecule has 5 heteroatoms. The molecular formula is C9H9N3S2. The fourth-order valence-corrected chi connectivity index (χ4v) is 2.79. The highest BCUT2D eigenvalue weighted by Crippen LogP contribution is 2.25. The van der Waals surface area contributed by atoms with Gasteiger partial charge in [0, 0.05) is 12.7 Å². The van der Waals surface area contributed by atoms with E-state index >= 15 is 0 Å². The van der Waals surface area contributed by atoms with Crippen molar-refractivity contribution in [3.05, 3.63) is 35.1 Å². The molecule has 0 aliphatic heterocycles. The van der Waals surface area contributed by atoms with Gasteiger partial charge in [-0.25, -0.2) is 0 Å². The number of anilines is 2. The van der Waals surface area contributed by atoms with Crippen LogP contribution in [0, 0.1) is 5.41 Å². The molecule has 1 N–H and O–H groups in total. The molecule has 0 saturated heterocycles. The first-order valence-electron chi connectivity index (χ1n) is 4.08. The summed E-state index contributed by atoms with van der Waals surface area (Å²) in [5.41, 5.74) is 1.09. The van der Waals surface area contributed by atoms with Crippen LogP contribution in [-0.4, -0.2) is 12.0 Å². The number of rotatable bonds is 2. The summed E-state index contributed by atoms with van der Waals surface area (Å²) >= 11 is 0. The van der Waals surface area contributed by atoms with Gasteiger partial charge in [-0.3, -0.25) is 5.41 Å². The largest absolute Gasteiger partial charge is 0.320 e. The lowest BCUT2D eigenvalue weighted by atomic mass is 10.3. The van der Waals surface area contributed by atoms with E-state index < -0.39 is 0 Å². The molecule has 0 saturated carbocycles. The maximum absolute atomic E-state index is 7.36. The molecule has 2 aromatic rings. The van der Waals surface area contributed by atoms with Crippen LogP contribution in [0.2, 0.25) is 0 Å². The van der Waals surface area contributed by atoms with Crippen LogP contribution in [0.1, 0.15) is 0 Å². The van der Waals surface area contributed by atoms with Crippen LogP contribution in [0.15, 0.2) is 30.3 Å². The van der Waals surface area contributed by atoms with Gasteiger partial charge in [0.15, 0.2) is 0 Å². The first kappa shape index (κ1) is 9.36. The van der Waals surface area contributed by atoms with Crippen molar-refractivity contribution in [2.24, 2.45) is 0 Å². The molecule has 0 bridgehead atoms. The predicted molar refractivity (Wildman–Crippen MR) is 60.4 cm³/mol. The number of nitrogens with one attached hydrogen (secondary N) is 1. The summed E-state index contributed by atoms with van der Waals surface area (Å²) in [5.74, 6) is 0. The summed E-state index contributed by atoms with van der Waals surface area (Å²) < 4.78 is 0. The number of hydrogen-bond donors (Lipinski definition) is 1. The van der Waals surface area contributed by atoms with E-state index in [0.29, 0.717) is 4.80 Å². The van der Waals surface area contributed by atoms with Crippen LogP contribution in [0.5, 0.6) is 0 Å². The van der Waals surface area contributed by atoms with E-state index in [1.807, 2.05) is 42.3 Å². The van der Waals surface area contributed by atoms with Crippen molar-refractivity contribution in [1.82, 2.24) is 4.98 Å². The molecule has 0 aliphatic rings. The van der Waals surface area contributed by atoms with Crippen molar-refractivity contribution in [1.29, 1.82) is 5.41 Å². The van der Waals surface area contributed by atoms with Gasteiger partial charge in [0.1, 0.15) is 0 Å². The van der Waals surface area contributed by atoms with Crippen LogP contribution in [0.25, 0.3) is 0 Å². The summed E-state index contributed by atoms with van der Waals surface area (Å²) in [4.78, 5) is 6.47. The molecule has 0 aliphatic carbocycles. The van der Waals surface area contributed by atoms with Crippen LogP contribution in [-0.2, 0) is 0 Å². The lowest BCUT2D eigenvalue weighted by molar-refractivity contribution is 1.11. The second-order valence-corrected chi connectivity index (χ2v) is 4.85. The third-order valence-corrected chi connectivity index (χ3v) is 3.84. The van der Waals surface area contributed by atoms with Gasteiger partial charge in [-0.2, -0.15) is 4.98 Å². The van der Waals surface area contributed by atoms with Gasteiger partial charge in [-0.15, -0.1) is 0 Å². The molecule has 14 heavy (non-hydrogen) atoms. The van der Waals surface area contributed by atoms with E-state index in [4.69, 9.17) is 5.41 Å². The van der Waals surface area contributed by atoms with Crippen molar-refractivity contribution in [2.75, 3.05) is 11.9 Å². The highest BCUT2D eigenvalue weighted by Gasteiger charge is 2.06. The van der Waals surface area contributed by atoms with Crippen molar-refractivity contribution in [3.63, 3.8) is 0 Å². The number of para-hydroxylation sites is 1. The van der Waals surface area contributed by atoms with Crippen LogP contribution in [0.3, 0.4) is 0 Å². The average molecular weight is 223 g/mol. The minimum atomic E-state index is 0.368. The Bertz CT molecular complexity index is 460. The van der Waals surface area contributed by atoms with Crippen LogP contribution in [0.4, 0.5) is 10.8 Å². The topological polar surface area (TPSA) is 40.0 Å². The molecule has 1 aromatic heterocycles. The van der Waals surface area contributed by atoms with Gasteiger partial charge in [0.05, 0.1) is 0 Å². The van der Waals surface area contributed by atoms with Gasteiger partial charge in [0.2, 0.25) is 9.93 Å². The lowest BCUT2D eigenvalue weighted by Crippen LogP contribution is -2.10. The molecule has 0 spiro atoms. The molecule has 1 heterocycles. The number of hydrogen-bond acceptors (Lipinski definition) is 5. The van der Waals surface area contributed by atoms with Crippen LogP contribution < -0.4 is 9.70 Å². The minimum absolute atomic E-state index is 0.368. The summed E-state index contributed by atoms with van der Waals surface area (Å²) in [6, 6.07) is 10.0. The van der Waals surface area contributed by atoms with Gasteiger partial charge < -0.3 is 4.90 Å². The SMILES string of the molecule is CN(c1ccccc1)c1nc(=N)ss1. The zero-order valence-corrected chi connectivity index (χ0v) is 9.23. The first-order chi connectivity index (χ1) is 6.77. The minimum Gasteiger partial charge on any atom is -0.320 e. The Balaban J connectivity index is 2.33. The van der Waals surface area contributed by atoms with E-state index in [2.05, 4.69) is 4.98 Å². The van der Waals surface area contributed by atoms with Crippen molar-refractivity contribution in [3.8, 4) is 0 Å². The Morgan fingerprint density at radius 2 is 1.93 bits per heavy atom. The molecule has 2 rings (SSSR count). The van der Waals surface area contributed by atoms with Crippen molar-refractivity contribution in [2.45, 2.75) is 0 Å². The standard InChI is InChI=1S/C9H9N3S2/c1-12(7-5-3-2-4-6-7)9-11-8(10)13-14-9/h2-6,10H,1H3. The Morgan fingerprint density at radius 3 is 2.50 bits per heavy atom. The molecule has 1 aromatic carbocycles. The normalized spacial score (nSPS) is 10.1. The summed E-state index contributed by atoms with van der Waals surface area (Å²) in [6.07, 6.45) is 0. The van der Waals surface area contributed by atoms with Gasteiger partial charge >= 0.3 is 0 Å². The molecular weight excluding hydrogens is 214 g/mol. The van der Waals surface area contributed by atoms with Gasteiger partial charge in [0.25, 0.3) is 0 Å². The van der Waals surface area contributed by atoms with E-state index in [1.54, 1.807) is 0 Å². The second kappa shape index (κ2) is 3.89. The monoisotopic (exact) mass is 223 g/mol. The summed E-state index contributed by atoms with van der Waals surface area (Å²) in [6.45, 7) is 0. The Kier molecular flexibility index (Phi) is 2.60. The van der Waals surface area contributed by atoms with E-state index in [-0.39, 0.29) is 0 Å². The number of benzene rings is 1. The molecule has 0 fully saturated rings. The highest BCUT2D eigenvalue weighted by atomic mass is 32.9. The van der Waals surface area contributed by atoms with Crippen LogP contribution >= 0.6 is 20.7 Å². The smallest absolute Gasteiger partial charge is 0.214 e. The fraction of sp³-hybridized carbons (Fsp3) is 0.111. The van der Waals surface area contributed by atoms with E-state index in [0.717, 1.165) is 10.8 Å². The third kappa shape index (κ3) is 1.83. The number of aromatic nitrogens is 1. The maximum atomic E-state index is 7.36. The summed E-state index contributed by atoms with van der Waals surface area (Å²) in [5, 5.41) is 8.23. The van der Waals surface area contributed by atoms with Gasteiger partial charge in [-0.1, -0.05) is 18.2 Å². The first-order valence-corrected chi connectivity index (χ1v) is 6.23. The molecule has 0 unspecified atom stereocenters. The molecule has 0 atom stereocenters. The third-order valence-electron chi connectivity index (χ3n) is 1.82. The quantitative estimate of drug-likeness (QED) is 0.794. The lowest BCUT2D eigenvalue weighted by Gasteiger charge is -2.14. The molecule has 0 amide bonds. The Hall–Kier alpha value is -1.20. The molecule has 3 nitrogen and oxygen atoms in total. The fourth-order valence-electron chi connectivity index (χ4n) is 1.09. The highest BCUT2D eigenvalue weighted by molar-refractivity contribution is 7.69. The van der Waals surface area contributed by atoms with Crippen molar-refractivity contribution >= 4 is 31.5 Å². The van der Waals surface area contributed by atoms with E-state index in [1.165, 1.54) is 20.7 Å². The average Bonchev–Trinajstić information content (AvgIpc) is 2.65. The van der Waals surface area contributed by atoms with E-state index in [9.17, 15) is 0 Å². The molecule has 72 valence electrons.